The van der Waals surface area contributed by atoms with Gasteiger partial charge in [-0.25, -0.2) is 4.39 Å². The Morgan fingerprint density at radius 2 is 2.17 bits per heavy atom. The largest absolute Gasteiger partial charge is 0.338 e. The Labute approximate surface area is 115 Å². The van der Waals surface area contributed by atoms with Crippen molar-refractivity contribution in [1.29, 1.82) is 0 Å². The molecule has 4 heteroatoms. The minimum Gasteiger partial charge on any atom is -0.338 e. The molecule has 1 aliphatic carbocycles. The summed E-state index contributed by atoms with van der Waals surface area (Å²) in [4.78, 5) is 13.9. The first-order valence-corrected chi connectivity index (χ1v) is 7.13. The molecule has 1 aromatic rings. The van der Waals surface area contributed by atoms with Crippen molar-refractivity contribution < 1.29 is 9.18 Å². The molecular formula is C14H17BrFNO. The van der Waals surface area contributed by atoms with E-state index < -0.39 is 0 Å². The summed E-state index contributed by atoms with van der Waals surface area (Å²) in [6.45, 7) is 3.29. The highest BCUT2D eigenvalue weighted by Crippen LogP contribution is 2.31. The van der Waals surface area contributed by atoms with Crippen LogP contribution in [0.5, 0.6) is 0 Å². The molecule has 0 N–H and O–H groups in total. The topological polar surface area (TPSA) is 20.3 Å². The van der Waals surface area contributed by atoms with Gasteiger partial charge >= 0.3 is 0 Å². The molecule has 0 heterocycles. The third kappa shape index (κ3) is 3.55. The van der Waals surface area contributed by atoms with Crippen LogP contribution in [0, 0.1) is 11.7 Å². The second-order valence-corrected chi connectivity index (χ2v) is 5.73. The van der Waals surface area contributed by atoms with E-state index in [0.29, 0.717) is 11.0 Å². The number of benzene rings is 1. The normalized spacial score (nSPS) is 14.6. The number of halogens is 2. The van der Waals surface area contributed by atoms with Crippen molar-refractivity contribution in [2.24, 2.45) is 5.92 Å². The molecule has 0 atom stereocenters. The zero-order valence-electron chi connectivity index (χ0n) is 10.5. The van der Waals surface area contributed by atoms with Crippen LogP contribution in [0.25, 0.3) is 0 Å². The summed E-state index contributed by atoms with van der Waals surface area (Å²) in [5.74, 6) is 0.167. The van der Waals surface area contributed by atoms with E-state index in [1.54, 1.807) is 0 Å². The summed E-state index contributed by atoms with van der Waals surface area (Å²) in [7, 11) is 0. The molecule has 0 unspecified atom stereocenters. The molecule has 2 rings (SSSR count). The quantitative estimate of drug-likeness (QED) is 0.811. The molecule has 1 amide bonds. The Balaban J connectivity index is 2.09. The van der Waals surface area contributed by atoms with Crippen LogP contribution in [-0.4, -0.2) is 17.4 Å². The van der Waals surface area contributed by atoms with Gasteiger partial charge in [-0.05, 0) is 43.0 Å². The minimum atomic E-state index is -0.269. The lowest BCUT2D eigenvalue weighted by Crippen LogP contribution is -2.32. The van der Waals surface area contributed by atoms with Gasteiger partial charge in [-0.15, -0.1) is 0 Å². The Bertz CT molecular complexity index is 425. The summed E-state index contributed by atoms with van der Waals surface area (Å²) in [5, 5.41) is 0. The molecule has 0 aromatic heterocycles. The van der Waals surface area contributed by atoms with Crippen molar-refractivity contribution in [3.05, 3.63) is 34.1 Å². The number of hydrogen-bond donors (Lipinski definition) is 0. The van der Waals surface area contributed by atoms with Crippen LogP contribution in [0.4, 0.5) is 4.39 Å². The Hall–Kier alpha value is -0.900. The maximum Gasteiger partial charge on any atom is 0.225 e. The van der Waals surface area contributed by atoms with Crippen molar-refractivity contribution in [2.75, 3.05) is 6.54 Å². The monoisotopic (exact) mass is 313 g/mol. The second-order valence-electron chi connectivity index (χ2n) is 4.81. The van der Waals surface area contributed by atoms with E-state index in [4.69, 9.17) is 0 Å². The maximum atomic E-state index is 13.3. The van der Waals surface area contributed by atoms with E-state index in [9.17, 15) is 9.18 Å². The van der Waals surface area contributed by atoms with Crippen LogP contribution in [0.2, 0.25) is 0 Å². The molecule has 1 aromatic carbocycles. The molecule has 0 aliphatic heterocycles. The van der Waals surface area contributed by atoms with Crippen LogP contribution in [-0.2, 0) is 11.3 Å². The Kier molecular flexibility index (Phi) is 4.38. The van der Waals surface area contributed by atoms with Crippen molar-refractivity contribution in [3.63, 3.8) is 0 Å². The SMILES string of the molecule is CCCN(Cc1cc(F)cc(Br)c1)C(=O)C1CC1. The van der Waals surface area contributed by atoms with Gasteiger partial charge in [0.05, 0.1) is 0 Å². The zero-order valence-corrected chi connectivity index (χ0v) is 12.0. The summed E-state index contributed by atoms with van der Waals surface area (Å²) < 4.78 is 14.0. The summed E-state index contributed by atoms with van der Waals surface area (Å²) >= 11 is 3.28. The molecule has 18 heavy (non-hydrogen) atoms. The van der Waals surface area contributed by atoms with Gasteiger partial charge in [0, 0.05) is 23.5 Å². The number of nitrogens with zero attached hydrogens (tertiary/aromatic N) is 1. The highest BCUT2D eigenvalue weighted by atomic mass is 79.9. The van der Waals surface area contributed by atoms with E-state index in [-0.39, 0.29) is 17.6 Å². The molecule has 2 nitrogen and oxygen atoms in total. The van der Waals surface area contributed by atoms with Crippen molar-refractivity contribution in [3.8, 4) is 0 Å². The molecule has 0 radical (unpaired) electrons. The van der Waals surface area contributed by atoms with Crippen molar-refractivity contribution >= 4 is 21.8 Å². The lowest BCUT2D eigenvalue weighted by molar-refractivity contribution is -0.133. The lowest BCUT2D eigenvalue weighted by Gasteiger charge is -2.22. The van der Waals surface area contributed by atoms with Crippen molar-refractivity contribution in [1.82, 2.24) is 4.90 Å². The first-order valence-electron chi connectivity index (χ1n) is 6.34. The van der Waals surface area contributed by atoms with E-state index in [0.717, 1.165) is 31.4 Å². The number of hydrogen-bond acceptors (Lipinski definition) is 1. The standard InChI is InChI=1S/C14H17BrFNO/c1-2-5-17(14(18)11-3-4-11)9-10-6-12(15)8-13(16)7-10/h6-8,11H,2-5,9H2,1H3. The molecule has 1 saturated carbocycles. The highest BCUT2D eigenvalue weighted by Gasteiger charge is 2.33. The number of carbonyl (C=O) groups excluding carboxylic acids is 1. The average Bonchev–Trinajstić information content (AvgIpc) is 3.10. The number of carbonyl (C=O) groups is 1. The third-order valence-electron chi connectivity index (χ3n) is 3.03. The van der Waals surface area contributed by atoms with Crippen LogP contribution >= 0.6 is 15.9 Å². The fourth-order valence-corrected chi connectivity index (χ4v) is 2.56. The van der Waals surface area contributed by atoms with Gasteiger partial charge in [-0.3, -0.25) is 4.79 Å². The molecular weight excluding hydrogens is 297 g/mol. The molecule has 0 spiro atoms. The Morgan fingerprint density at radius 1 is 1.44 bits per heavy atom. The third-order valence-corrected chi connectivity index (χ3v) is 3.49. The maximum absolute atomic E-state index is 13.3. The van der Waals surface area contributed by atoms with Crippen LogP contribution in [0.3, 0.4) is 0 Å². The average molecular weight is 314 g/mol. The number of amides is 1. The minimum absolute atomic E-state index is 0.216. The zero-order chi connectivity index (χ0) is 13.1. The smallest absolute Gasteiger partial charge is 0.225 e. The molecule has 0 bridgehead atoms. The summed E-state index contributed by atoms with van der Waals surface area (Å²) in [5.41, 5.74) is 0.837. The summed E-state index contributed by atoms with van der Waals surface area (Å²) in [6, 6.07) is 4.79. The van der Waals surface area contributed by atoms with Gasteiger partial charge in [0.1, 0.15) is 5.82 Å². The fourth-order valence-electron chi connectivity index (χ4n) is 2.05. The Morgan fingerprint density at radius 3 is 2.72 bits per heavy atom. The molecule has 1 fully saturated rings. The van der Waals surface area contributed by atoms with Crippen LogP contribution in [0.1, 0.15) is 31.7 Å². The highest BCUT2D eigenvalue weighted by molar-refractivity contribution is 9.10. The van der Waals surface area contributed by atoms with Gasteiger partial charge in [0.15, 0.2) is 0 Å². The van der Waals surface area contributed by atoms with Crippen molar-refractivity contribution in [2.45, 2.75) is 32.7 Å². The lowest BCUT2D eigenvalue weighted by atomic mass is 10.2. The predicted molar refractivity (Wildman–Crippen MR) is 72.5 cm³/mol. The van der Waals surface area contributed by atoms with E-state index >= 15 is 0 Å². The molecule has 98 valence electrons. The summed E-state index contributed by atoms with van der Waals surface area (Å²) in [6.07, 6.45) is 2.94. The van der Waals surface area contributed by atoms with E-state index in [1.807, 2.05) is 11.0 Å². The first-order chi connectivity index (χ1) is 8.60. The van der Waals surface area contributed by atoms with E-state index in [1.165, 1.54) is 12.1 Å². The van der Waals surface area contributed by atoms with Gasteiger partial charge in [-0.2, -0.15) is 0 Å². The van der Waals surface area contributed by atoms with Gasteiger partial charge in [-0.1, -0.05) is 22.9 Å². The van der Waals surface area contributed by atoms with Gasteiger partial charge in [0.25, 0.3) is 0 Å². The number of rotatable bonds is 5. The fraction of sp³-hybridized carbons (Fsp3) is 0.500. The first kappa shape index (κ1) is 13.5. The predicted octanol–water partition coefficient (Wildman–Crippen LogP) is 3.74. The van der Waals surface area contributed by atoms with Gasteiger partial charge in [0.2, 0.25) is 5.91 Å². The second kappa shape index (κ2) is 5.83. The van der Waals surface area contributed by atoms with E-state index in [2.05, 4.69) is 22.9 Å². The van der Waals surface area contributed by atoms with Gasteiger partial charge < -0.3 is 4.90 Å². The molecule has 1 aliphatic rings. The van der Waals surface area contributed by atoms with Crippen LogP contribution < -0.4 is 0 Å². The van der Waals surface area contributed by atoms with Crippen LogP contribution in [0.15, 0.2) is 22.7 Å². The molecule has 0 saturated heterocycles.